The van der Waals surface area contributed by atoms with Crippen molar-refractivity contribution in [3.05, 3.63) is 98.6 Å². The zero-order valence-corrected chi connectivity index (χ0v) is 25.2. The quantitative estimate of drug-likeness (QED) is 0.0724. The van der Waals surface area contributed by atoms with Crippen LogP contribution in [0.4, 0.5) is 11.4 Å². The van der Waals surface area contributed by atoms with Crippen molar-refractivity contribution in [2.75, 3.05) is 11.5 Å². The van der Waals surface area contributed by atoms with Gasteiger partial charge in [-0.1, -0.05) is 36.7 Å². The largest absolute Gasteiger partial charge is 0.454 e. The topological polar surface area (TPSA) is 137 Å². The molecule has 2 aliphatic rings. The number of fused-ring (bicyclic) bond motifs is 2. The van der Waals surface area contributed by atoms with Crippen LogP contribution in [0.3, 0.4) is 0 Å². The Morgan fingerprint density at radius 1 is 1.00 bits per heavy atom. The Bertz CT molecular complexity index is 1890. The Hall–Kier alpha value is -4.96. The number of imide groups is 1. The van der Waals surface area contributed by atoms with Crippen molar-refractivity contribution in [1.29, 1.82) is 0 Å². The average Bonchev–Trinajstić information content (AvgIpc) is 3.29. The highest BCUT2D eigenvalue weighted by molar-refractivity contribution is 6.32. The molecule has 11 heteroatoms. The number of hydrogen-bond acceptors (Lipinski definition) is 8. The molecule has 2 heterocycles. The van der Waals surface area contributed by atoms with Crippen LogP contribution in [0.2, 0.25) is 5.02 Å². The molecule has 10 nitrogen and oxygen atoms in total. The Morgan fingerprint density at radius 2 is 1.69 bits per heavy atom. The number of amides is 2. The third-order valence-corrected chi connectivity index (χ3v) is 9.14. The molecule has 0 bridgehead atoms. The maximum Gasteiger partial charge on any atom is 0.339 e. The van der Waals surface area contributed by atoms with Gasteiger partial charge in [-0.2, -0.15) is 0 Å². The first-order valence-electron chi connectivity index (χ1n) is 14.6. The van der Waals surface area contributed by atoms with Crippen LogP contribution in [0.1, 0.15) is 52.5 Å². The normalized spacial score (nSPS) is 19.4. The van der Waals surface area contributed by atoms with Crippen LogP contribution in [0.15, 0.2) is 66.7 Å². The Morgan fingerprint density at radius 3 is 2.38 bits per heavy atom. The molecule has 3 unspecified atom stereocenters. The van der Waals surface area contributed by atoms with E-state index in [-0.39, 0.29) is 40.5 Å². The molecule has 3 aromatic carbocycles. The van der Waals surface area contributed by atoms with Crippen molar-refractivity contribution in [1.82, 2.24) is 4.98 Å². The maximum absolute atomic E-state index is 13.4. The van der Waals surface area contributed by atoms with E-state index in [0.29, 0.717) is 57.2 Å². The van der Waals surface area contributed by atoms with Gasteiger partial charge in [0.05, 0.1) is 39.2 Å². The van der Waals surface area contributed by atoms with Gasteiger partial charge in [-0.05, 0) is 74.1 Å². The predicted octanol–water partition coefficient (Wildman–Crippen LogP) is 6.74. The number of ether oxygens (including phenoxy) is 1. The van der Waals surface area contributed by atoms with Crippen molar-refractivity contribution in [3.63, 3.8) is 0 Å². The molecular formula is C34H28ClN3O7. The number of pyridine rings is 1. The monoisotopic (exact) mass is 625 g/mol. The lowest BCUT2D eigenvalue weighted by Gasteiger charge is -2.25. The predicted molar refractivity (Wildman–Crippen MR) is 167 cm³/mol. The number of carbonyl (C=O) groups is 4. The van der Waals surface area contributed by atoms with Gasteiger partial charge in [-0.3, -0.25) is 29.4 Å². The second-order valence-corrected chi connectivity index (χ2v) is 12.0. The fourth-order valence-corrected chi connectivity index (χ4v) is 6.36. The van der Waals surface area contributed by atoms with Crippen LogP contribution < -0.4 is 4.90 Å². The van der Waals surface area contributed by atoms with E-state index in [4.69, 9.17) is 21.3 Å². The molecule has 6 rings (SSSR count). The number of nitro benzene ring substituents is 1. The summed E-state index contributed by atoms with van der Waals surface area (Å²) in [6.07, 6.45) is 2.36. The van der Waals surface area contributed by atoms with E-state index in [1.54, 1.807) is 49.4 Å². The molecule has 1 aliphatic heterocycles. The number of esters is 1. The van der Waals surface area contributed by atoms with Crippen LogP contribution in [-0.2, 0) is 14.3 Å². The Balaban J connectivity index is 1.28. The SMILES string of the molecule is Cc1c(Cl)ccc2c(C(=O)OCC(=O)c3ccc([N+](=O)[O-])cc3)cc(-c3ccc(N4C(=O)C5CCC(C)CC5C4=O)cc3)nc12. The highest BCUT2D eigenvalue weighted by Crippen LogP contribution is 2.42. The summed E-state index contributed by atoms with van der Waals surface area (Å²) in [5.41, 5.74) is 2.83. The molecule has 1 saturated carbocycles. The number of ketones is 1. The molecule has 2 amide bonds. The molecule has 1 aromatic heterocycles. The maximum atomic E-state index is 13.4. The van der Waals surface area contributed by atoms with Gasteiger partial charge < -0.3 is 4.74 Å². The minimum atomic E-state index is -0.762. The first-order valence-corrected chi connectivity index (χ1v) is 14.9. The molecule has 1 aliphatic carbocycles. The fourth-order valence-electron chi connectivity index (χ4n) is 6.21. The summed E-state index contributed by atoms with van der Waals surface area (Å²) < 4.78 is 5.39. The smallest absolute Gasteiger partial charge is 0.339 e. The van der Waals surface area contributed by atoms with Crippen molar-refractivity contribution >= 4 is 57.4 Å². The van der Waals surface area contributed by atoms with E-state index in [1.165, 1.54) is 29.2 Å². The number of benzene rings is 3. The number of aromatic nitrogens is 1. The van der Waals surface area contributed by atoms with E-state index >= 15 is 0 Å². The molecule has 0 N–H and O–H groups in total. The number of nitrogens with zero attached hydrogens (tertiary/aromatic N) is 3. The molecular weight excluding hydrogens is 598 g/mol. The Kier molecular flexibility index (Phi) is 7.92. The van der Waals surface area contributed by atoms with Crippen LogP contribution in [0, 0.1) is 34.8 Å². The molecule has 4 aromatic rings. The van der Waals surface area contributed by atoms with Gasteiger partial charge >= 0.3 is 5.97 Å². The van der Waals surface area contributed by atoms with Gasteiger partial charge in [-0.15, -0.1) is 0 Å². The van der Waals surface area contributed by atoms with E-state index in [9.17, 15) is 29.3 Å². The molecule has 2 fully saturated rings. The van der Waals surface area contributed by atoms with Gasteiger partial charge in [0.15, 0.2) is 12.4 Å². The van der Waals surface area contributed by atoms with Gasteiger partial charge in [0.2, 0.25) is 11.8 Å². The van der Waals surface area contributed by atoms with Gasteiger partial charge in [-0.25, -0.2) is 9.78 Å². The van der Waals surface area contributed by atoms with Crippen LogP contribution in [0.5, 0.6) is 0 Å². The summed E-state index contributed by atoms with van der Waals surface area (Å²) in [6.45, 7) is 3.32. The van der Waals surface area contributed by atoms with Crippen molar-refractivity contribution in [2.45, 2.75) is 33.1 Å². The lowest BCUT2D eigenvalue weighted by Crippen LogP contribution is -2.30. The third kappa shape index (κ3) is 5.57. The van der Waals surface area contributed by atoms with Gasteiger partial charge in [0, 0.05) is 33.7 Å². The van der Waals surface area contributed by atoms with Crippen molar-refractivity contribution in [2.24, 2.45) is 17.8 Å². The summed E-state index contributed by atoms with van der Waals surface area (Å²) in [5.74, 6) is -1.75. The van der Waals surface area contributed by atoms with Crippen LogP contribution >= 0.6 is 11.6 Å². The van der Waals surface area contributed by atoms with Crippen LogP contribution in [-0.4, -0.2) is 40.1 Å². The van der Waals surface area contributed by atoms with E-state index < -0.39 is 23.3 Å². The first kappa shape index (κ1) is 30.1. The number of hydrogen-bond donors (Lipinski definition) is 0. The zero-order valence-electron chi connectivity index (χ0n) is 24.5. The standard InChI is InChI=1S/C34H28ClN3O7/c1-18-3-12-25-26(15-18)33(41)37(32(25)40)22-8-4-20(5-9-22)29-16-27(24-13-14-28(35)19(2)31(24)36-29)34(42)45-17-30(39)21-6-10-23(11-7-21)38(43)44/h4-11,13-14,16,18,25-26H,3,12,15,17H2,1-2H3. The minimum absolute atomic E-state index is 0.160. The van der Waals surface area contributed by atoms with Crippen molar-refractivity contribution < 1.29 is 28.8 Å². The first-order chi connectivity index (χ1) is 21.5. The third-order valence-electron chi connectivity index (χ3n) is 8.73. The molecule has 0 spiro atoms. The average molecular weight is 626 g/mol. The van der Waals surface area contributed by atoms with E-state index in [2.05, 4.69) is 6.92 Å². The highest BCUT2D eigenvalue weighted by atomic mass is 35.5. The molecule has 45 heavy (non-hydrogen) atoms. The molecule has 3 atom stereocenters. The zero-order chi connectivity index (χ0) is 32.0. The molecule has 0 radical (unpaired) electrons. The summed E-state index contributed by atoms with van der Waals surface area (Å²) in [5, 5.41) is 11.8. The van der Waals surface area contributed by atoms with Gasteiger partial charge in [0.1, 0.15) is 0 Å². The second-order valence-electron chi connectivity index (χ2n) is 11.6. The molecule has 228 valence electrons. The number of nitro groups is 1. The number of halogens is 1. The second kappa shape index (κ2) is 11.9. The lowest BCUT2D eigenvalue weighted by molar-refractivity contribution is -0.384. The van der Waals surface area contributed by atoms with Gasteiger partial charge in [0.25, 0.3) is 5.69 Å². The number of non-ortho nitro benzene ring substituents is 1. The summed E-state index contributed by atoms with van der Waals surface area (Å²) in [7, 11) is 0. The number of anilines is 1. The number of carbonyl (C=O) groups excluding carboxylic acids is 4. The minimum Gasteiger partial charge on any atom is -0.454 e. The van der Waals surface area contributed by atoms with Crippen LogP contribution in [0.25, 0.3) is 22.2 Å². The summed E-state index contributed by atoms with van der Waals surface area (Å²) in [4.78, 5) is 68.8. The van der Waals surface area contributed by atoms with E-state index in [0.717, 1.165) is 6.42 Å². The van der Waals surface area contributed by atoms with E-state index in [1.807, 2.05) is 0 Å². The molecule has 1 saturated heterocycles. The highest BCUT2D eigenvalue weighted by Gasteiger charge is 2.49. The summed E-state index contributed by atoms with van der Waals surface area (Å²) >= 11 is 6.39. The lowest BCUT2D eigenvalue weighted by atomic mass is 9.76. The summed E-state index contributed by atoms with van der Waals surface area (Å²) in [6, 6.07) is 16.8. The number of Topliss-reactive ketones (excluding diaryl/α,β-unsaturated/α-hetero) is 1. The number of rotatable bonds is 7. The van der Waals surface area contributed by atoms with Crippen molar-refractivity contribution in [3.8, 4) is 11.3 Å². The fraction of sp³-hybridized carbons (Fsp3) is 0.265. The Labute approximate surface area is 263 Å². The number of aryl methyl sites for hydroxylation is 1.